The monoisotopic (exact) mass is 870 g/mol. The van der Waals surface area contributed by atoms with Crippen molar-refractivity contribution in [3.05, 3.63) is 11.6 Å². The van der Waals surface area contributed by atoms with Gasteiger partial charge in [0.15, 0.2) is 18.4 Å². The number of rotatable bonds is 6. The van der Waals surface area contributed by atoms with Crippen LogP contribution in [-0.2, 0) is 33.2 Å². The van der Waals surface area contributed by atoms with E-state index in [2.05, 4.69) is 26.8 Å². The standard InChI is InChI=1S/C44H70O17/c1-18-12-28(47)44(56-16-18)20(3)43(54)29(61-44)14-25-23-7-6-22-13-21(8-10-41(22,4)24(23)9-11-42(25,43)5)36-38(60-40-35(53)33(51)30(48)19(2)57-40)37(32(50)27(15-45)58-36)59-39-34(52)31(49)26(46)17-55-39/h6,18-21,23-40,45-54H,7-17H2,1-5H3/t18-,19-,20-,21-,23+,24-,25-,26+,27+,28-,29-,30-,31-,32-,33+,34+,35+,36-,37-,38-,39-,40-,41-,42-,43+,44-/m0/s1. The van der Waals surface area contributed by atoms with Crippen molar-refractivity contribution in [3.8, 4) is 0 Å². The molecule has 61 heavy (non-hydrogen) atoms. The molecule has 0 aromatic carbocycles. The van der Waals surface area contributed by atoms with E-state index in [1.165, 1.54) is 12.5 Å². The van der Waals surface area contributed by atoms with Crippen molar-refractivity contribution in [2.75, 3.05) is 19.8 Å². The van der Waals surface area contributed by atoms with E-state index in [1.807, 2.05) is 6.92 Å². The lowest BCUT2D eigenvalue weighted by Gasteiger charge is -2.60. The fourth-order valence-electron chi connectivity index (χ4n) is 14.2. The van der Waals surface area contributed by atoms with E-state index < -0.39 is 127 Å². The Balaban J connectivity index is 0.981. The van der Waals surface area contributed by atoms with Crippen molar-refractivity contribution in [2.45, 2.75) is 195 Å². The van der Waals surface area contributed by atoms with Gasteiger partial charge in [-0.2, -0.15) is 0 Å². The molecule has 0 amide bonds. The van der Waals surface area contributed by atoms with Gasteiger partial charge < -0.3 is 84.2 Å². The van der Waals surface area contributed by atoms with Gasteiger partial charge in [-0.25, -0.2) is 0 Å². The Kier molecular flexibility index (Phi) is 12.0. The zero-order chi connectivity index (χ0) is 43.7. The summed E-state index contributed by atoms with van der Waals surface area (Å²) in [5, 5.41) is 110. The smallest absolute Gasteiger partial charge is 0.200 e. The maximum absolute atomic E-state index is 12.8. The lowest BCUT2D eigenvalue weighted by atomic mass is 9.45. The third-order valence-corrected chi connectivity index (χ3v) is 17.9. The Labute approximate surface area is 356 Å². The van der Waals surface area contributed by atoms with Crippen molar-refractivity contribution in [3.63, 3.8) is 0 Å². The number of aliphatic hydroxyl groups is 10. The highest BCUT2D eigenvalue weighted by Crippen LogP contribution is 2.72. The van der Waals surface area contributed by atoms with Gasteiger partial charge in [0, 0.05) is 11.3 Å². The van der Waals surface area contributed by atoms with Crippen LogP contribution in [0, 0.1) is 46.3 Å². The molecule has 0 bridgehead atoms. The minimum atomic E-state index is -1.71. The molecule has 17 heteroatoms. The van der Waals surface area contributed by atoms with Gasteiger partial charge in [-0.3, -0.25) is 0 Å². The summed E-state index contributed by atoms with van der Waals surface area (Å²) in [4.78, 5) is 0. The summed E-state index contributed by atoms with van der Waals surface area (Å²) in [6, 6.07) is 0. The molecule has 348 valence electrons. The summed E-state index contributed by atoms with van der Waals surface area (Å²) in [5.41, 5.74) is -0.526. The molecule has 8 fully saturated rings. The van der Waals surface area contributed by atoms with Crippen LogP contribution in [0.5, 0.6) is 0 Å². The van der Waals surface area contributed by atoms with Gasteiger partial charge in [0.25, 0.3) is 0 Å². The van der Waals surface area contributed by atoms with Crippen LogP contribution >= 0.6 is 0 Å². The first kappa shape index (κ1) is 45.2. The second kappa shape index (κ2) is 16.1. The van der Waals surface area contributed by atoms with Crippen molar-refractivity contribution in [2.24, 2.45) is 46.3 Å². The van der Waals surface area contributed by atoms with Crippen LogP contribution in [0.15, 0.2) is 11.6 Å². The molecular weight excluding hydrogens is 800 g/mol. The summed E-state index contributed by atoms with van der Waals surface area (Å²) in [6.07, 6.45) is -12.8. The zero-order valence-electron chi connectivity index (χ0n) is 35.9. The molecule has 0 unspecified atom stereocenters. The average Bonchev–Trinajstić information content (AvgIpc) is 3.60. The maximum atomic E-state index is 12.8. The van der Waals surface area contributed by atoms with Crippen LogP contribution < -0.4 is 0 Å². The molecule has 0 aromatic rings. The van der Waals surface area contributed by atoms with E-state index in [-0.39, 0.29) is 29.8 Å². The van der Waals surface area contributed by atoms with E-state index in [0.29, 0.717) is 44.1 Å². The molecule has 0 aromatic heterocycles. The summed E-state index contributed by atoms with van der Waals surface area (Å²) < 4.78 is 43.6. The van der Waals surface area contributed by atoms with E-state index in [9.17, 15) is 51.1 Å². The average molecular weight is 871 g/mol. The van der Waals surface area contributed by atoms with Gasteiger partial charge in [-0.1, -0.05) is 39.3 Å². The maximum Gasteiger partial charge on any atom is 0.200 e. The number of aliphatic hydroxyl groups excluding tert-OH is 9. The van der Waals surface area contributed by atoms with Gasteiger partial charge in [0.1, 0.15) is 72.7 Å². The lowest BCUT2D eigenvalue weighted by molar-refractivity contribution is -0.366. The van der Waals surface area contributed by atoms with Gasteiger partial charge >= 0.3 is 0 Å². The normalized spacial score (nSPS) is 59.6. The van der Waals surface area contributed by atoms with Crippen LogP contribution in [0.25, 0.3) is 0 Å². The molecule has 9 rings (SSSR count). The van der Waals surface area contributed by atoms with Crippen molar-refractivity contribution >= 4 is 0 Å². The molecule has 4 aliphatic carbocycles. The fraction of sp³-hybridized carbons (Fsp3) is 0.955. The highest BCUT2D eigenvalue weighted by Gasteiger charge is 2.77. The van der Waals surface area contributed by atoms with Gasteiger partial charge in [-0.15, -0.1) is 0 Å². The Bertz CT molecular complexity index is 1640. The van der Waals surface area contributed by atoms with Crippen LogP contribution in [-0.4, -0.2) is 180 Å². The summed E-state index contributed by atoms with van der Waals surface area (Å²) in [6.45, 7) is 9.64. The number of hydrogen-bond donors (Lipinski definition) is 10. The molecule has 3 saturated carbocycles. The van der Waals surface area contributed by atoms with Crippen LogP contribution in [0.1, 0.15) is 86.0 Å². The Morgan fingerprint density at radius 2 is 1.49 bits per heavy atom. The molecular formula is C44H70O17. The van der Waals surface area contributed by atoms with Crippen LogP contribution in [0.4, 0.5) is 0 Å². The predicted octanol–water partition coefficient (Wildman–Crippen LogP) is -0.788. The van der Waals surface area contributed by atoms with Crippen molar-refractivity contribution in [1.82, 2.24) is 0 Å². The van der Waals surface area contributed by atoms with Gasteiger partial charge in [-0.05, 0) is 93.3 Å². The molecule has 17 nitrogen and oxygen atoms in total. The number of ether oxygens (including phenoxy) is 7. The fourth-order valence-corrected chi connectivity index (χ4v) is 14.2. The molecule has 0 radical (unpaired) electrons. The Hall–Kier alpha value is -0.940. The Morgan fingerprint density at radius 1 is 0.770 bits per heavy atom. The first-order chi connectivity index (χ1) is 28.8. The highest BCUT2D eigenvalue weighted by molar-refractivity contribution is 5.29. The van der Waals surface area contributed by atoms with Gasteiger partial charge in [0.05, 0.1) is 38.1 Å². The van der Waals surface area contributed by atoms with Gasteiger partial charge in [0.2, 0.25) is 0 Å². The summed E-state index contributed by atoms with van der Waals surface area (Å²) in [5.74, 6) is -0.889. The van der Waals surface area contributed by atoms with E-state index in [4.69, 9.17) is 33.2 Å². The third kappa shape index (κ3) is 6.73. The SMILES string of the molecule is C[C@@H]1CO[C@@]2(O[C@H]3C[C@H]4[C@@H]5CC=C6C[C@@H]([C@@H]7O[C@H](CO)[C@H](O)[C@H](O[C@@H]8OC[C@@H](O)[C@H](O)[C@H]8O)[C@H]7O[C@@H]7O[C@@H](C)[C@H](O)[C@@H](O)[C@H]7O)CC[C@]6(C)[C@H]5CC[C@]4(C)[C@@]3(O)[C@@H]2C)[C@@H](O)C1. The largest absolute Gasteiger partial charge is 0.394 e. The topological polar surface area (TPSA) is 267 Å². The van der Waals surface area contributed by atoms with Crippen molar-refractivity contribution < 1.29 is 84.2 Å². The lowest BCUT2D eigenvalue weighted by Crippen LogP contribution is -2.67. The second-order valence-electron chi connectivity index (χ2n) is 20.9. The quantitative estimate of drug-likeness (QED) is 0.147. The number of allylic oxidation sites excluding steroid dienone is 2. The first-order valence-electron chi connectivity index (χ1n) is 22.8. The summed E-state index contributed by atoms with van der Waals surface area (Å²) >= 11 is 0. The predicted molar refractivity (Wildman–Crippen MR) is 210 cm³/mol. The minimum absolute atomic E-state index is 0.181. The zero-order valence-corrected chi connectivity index (χ0v) is 35.9. The van der Waals surface area contributed by atoms with Crippen LogP contribution in [0.3, 0.4) is 0 Å². The number of hydrogen-bond acceptors (Lipinski definition) is 17. The Morgan fingerprint density at radius 3 is 2.21 bits per heavy atom. The molecule has 5 aliphatic heterocycles. The molecule has 1 spiro atoms. The summed E-state index contributed by atoms with van der Waals surface area (Å²) in [7, 11) is 0. The number of fused-ring (bicyclic) bond motifs is 7. The van der Waals surface area contributed by atoms with E-state index in [0.717, 1.165) is 25.7 Å². The van der Waals surface area contributed by atoms with Crippen LogP contribution in [0.2, 0.25) is 0 Å². The first-order valence-corrected chi connectivity index (χ1v) is 22.8. The van der Waals surface area contributed by atoms with E-state index >= 15 is 0 Å². The molecule has 5 heterocycles. The molecule has 26 atom stereocenters. The minimum Gasteiger partial charge on any atom is -0.394 e. The second-order valence-corrected chi connectivity index (χ2v) is 20.9. The van der Waals surface area contributed by atoms with Crippen molar-refractivity contribution in [1.29, 1.82) is 0 Å². The highest BCUT2D eigenvalue weighted by atomic mass is 16.7. The molecule has 5 saturated heterocycles. The molecule has 9 aliphatic rings. The molecule has 10 N–H and O–H groups in total. The van der Waals surface area contributed by atoms with E-state index in [1.54, 1.807) is 0 Å². The third-order valence-electron chi connectivity index (χ3n) is 17.9.